The largest absolute Gasteiger partial charge is 0.469 e. The summed E-state index contributed by atoms with van der Waals surface area (Å²) in [6, 6.07) is 8.09. The number of carbonyl (C=O) groups excluding carboxylic acids is 1. The summed E-state index contributed by atoms with van der Waals surface area (Å²) in [4.78, 5) is 12.0. The quantitative estimate of drug-likeness (QED) is 0.470. The molecule has 15 heavy (non-hydrogen) atoms. The second-order valence-corrected chi connectivity index (χ2v) is 6.09. The smallest absolute Gasteiger partial charge is 0.306 e. The summed E-state index contributed by atoms with van der Waals surface area (Å²) >= 11 is 3.38. The van der Waals surface area contributed by atoms with Gasteiger partial charge in [-0.3, -0.25) is 4.79 Å². The molecule has 0 fully saturated rings. The Morgan fingerprint density at radius 2 is 2.07 bits per heavy atom. The highest BCUT2D eigenvalue weighted by Crippen LogP contribution is 2.31. The van der Waals surface area contributed by atoms with E-state index in [2.05, 4.69) is 20.7 Å². The highest BCUT2D eigenvalue weighted by molar-refractivity contribution is 9.10. The summed E-state index contributed by atoms with van der Waals surface area (Å²) in [6.07, 6.45) is 0.463. The van der Waals surface area contributed by atoms with E-state index in [1.54, 1.807) is 21.6 Å². The number of ether oxygens (including phenoxy) is 1. The van der Waals surface area contributed by atoms with E-state index in [1.165, 1.54) is 12.0 Å². The van der Waals surface area contributed by atoms with Crippen molar-refractivity contribution in [2.75, 3.05) is 12.9 Å². The van der Waals surface area contributed by atoms with Crippen molar-refractivity contribution >= 4 is 43.5 Å². The molecule has 0 amide bonds. The van der Waals surface area contributed by atoms with Gasteiger partial charge in [-0.05, 0) is 24.3 Å². The van der Waals surface area contributed by atoms with Gasteiger partial charge in [-0.25, -0.2) is 0 Å². The van der Waals surface area contributed by atoms with Crippen LogP contribution in [-0.4, -0.2) is 18.8 Å². The van der Waals surface area contributed by atoms with Crippen molar-refractivity contribution in [3.05, 3.63) is 28.7 Å². The van der Waals surface area contributed by atoms with Crippen molar-refractivity contribution in [1.29, 1.82) is 0 Å². The molecular formula is C10H11BrO2S2. The van der Waals surface area contributed by atoms with E-state index in [4.69, 9.17) is 0 Å². The lowest BCUT2D eigenvalue weighted by atomic mass is 10.4. The van der Waals surface area contributed by atoms with Crippen LogP contribution in [0, 0.1) is 0 Å². The van der Waals surface area contributed by atoms with Gasteiger partial charge < -0.3 is 4.74 Å². The molecule has 0 aromatic heterocycles. The fraction of sp³-hybridized carbons (Fsp3) is 0.300. The van der Waals surface area contributed by atoms with Gasteiger partial charge in [0.05, 0.1) is 13.5 Å². The Bertz CT molecular complexity index is 314. The minimum Gasteiger partial charge on any atom is -0.469 e. The summed E-state index contributed by atoms with van der Waals surface area (Å²) < 4.78 is 5.63. The molecule has 0 spiro atoms. The van der Waals surface area contributed by atoms with Gasteiger partial charge in [-0.2, -0.15) is 0 Å². The molecule has 0 heterocycles. The Kier molecular flexibility index (Phi) is 6.20. The number of hydrogen-bond donors (Lipinski definition) is 0. The topological polar surface area (TPSA) is 26.3 Å². The Morgan fingerprint density at radius 1 is 1.40 bits per heavy atom. The van der Waals surface area contributed by atoms with Crippen molar-refractivity contribution in [3.63, 3.8) is 0 Å². The van der Waals surface area contributed by atoms with Crippen LogP contribution in [0.1, 0.15) is 6.42 Å². The number of carbonyl (C=O) groups is 1. The van der Waals surface area contributed by atoms with Crippen LogP contribution >= 0.6 is 37.5 Å². The van der Waals surface area contributed by atoms with Crippen LogP contribution in [0.15, 0.2) is 33.6 Å². The van der Waals surface area contributed by atoms with Crippen molar-refractivity contribution in [1.82, 2.24) is 0 Å². The molecule has 0 radical (unpaired) electrons. The lowest BCUT2D eigenvalue weighted by Gasteiger charge is -2.00. The average molecular weight is 307 g/mol. The van der Waals surface area contributed by atoms with Gasteiger partial charge in [0, 0.05) is 15.1 Å². The van der Waals surface area contributed by atoms with Gasteiger partial charge in [0.15, 0.2) is 0 Å². The second-order valence-electron chi connectivity index (χ2n) is 2.69. The maximum Gasteiger partial charge on any atom is 0.306 e. The molecule has 2 nitrogen and oxygen atoms in total. The highest BCUT2D eigenvalue weighted by atomic mass is 79.9. The zero-order valence-corrected chi connectivity index (χ0v) is 11.5. The Labute approximate surface area is 106 Å². The van der Waals surface area contributed by atoms with Crippen molar-refractivity contribution < 1.29 is 9.53 Å². The second kappa shape index (κ2) is 7.19. The molecule has 0 aliphatic heterocycles. The summed E-state index contributed by atoms with van der Waals surface area (Å²) in [5.74, 6) is 0.617. The summed E-state index contributed by atoms with van der Waals surface area (Å²) in [7, 11) is 4.74. The molecule has 0 saturated heterocycles. The Morgan fingerprint density at radius 3 is 2.67 bits per heavy atom. The van der Waals surface area contributed by atoms with Crippen LogP contribution in [0.2, 0.25) is 0 Å². The van der Waals surface area contributed by atoms with Crippen LogP contribution < -0.4 is 0 Å². The lowest BCUT2D eigenvalue weighted by molar-refractivity contribution is -0.140. The molecule has 1 aromatic carbocycles. The van der Waals surface area contributed by atoms with Crippen molar-refractivity contribution in [3.8, 4) is 0 Å². The maximum atomic E-state index is 10.8. The molecule has 1 rings (SSSR count). The first-order valence-electron chi connectivity index (χ1n) is 4.34. The van der Waals surface area contributed by atoms with Gasteiger partial charge in [-0.1, -0.05) is 37.5 Å². The number of benzene rings is 1. The molecule has 0 atom stereocenters. The fourth-order valence-corrected chi connectivity index (χ4v) is 3.05. The molecule has 0 saturated carbocycles. The average Bonchev–Trinajstić information content (AvgIpc) is 2.26. The summed E-state index contributed by atoms with van der Waals surface area (Å²) in [5, 5.41) is 0. The normalized spacial score (nSPS) is 10.0. The number of esters is 1. The molecule has 0 bridgehead atoms. The van der Waals surface area contributed by atoms with Gasteiger partial charge in [0.25, 0.3) is 0 Å². The Hall–Kier alpha value is -0.130. The predicted molar refractivity (Wildman–Crippen MR) is 69.1 cm³/mol. The van der Waals surface area contributed by atoms with Gasteiger partial charge in [0.1, 0.15) is 0 Å². The zero-order chi connectivity index (χ0) is 11.1. The van der Waals surface area contributed by atoms with Gasteiger partial charge in [0.2, 0.25) is 0 Å². The number of hydrogen-bond acceptors (Lipinski definition) is 4. The zero-order valence-electron chi connectivity index (χ0n) is 8.23. The molecule has 0 unspecified atom stereocenters. The minimum absolute atomic E-state index is 0.154. The molecule has 82 valence electrons. The molecule has 0 N–H and O–H groups in total. The fourth-order valence-electron chi connectivity index (χ4n) is 0.827. The first kappa shape index (κ1) is 12.9. The SMILES string of the molecule is COC(=O)CCSSc1ccc(Br)cc1. The van der Waals surface area contributed by atoms with E-state index in [-0.39, 0.29) is 5.97 Å². The van der Waals surface area contributed by atoms with E-state index in [0.29, 0.717) is 6.42 Å². The van der Waals surface area contributed by atoms with Gasteiger partial charge >= 0.3 is 5.97 Å². The van der Waals surface area contributed by atoms with Crippen molar-refractivity contribution in [2.24, 2.45) is 0 Å². The van der Waals surface area contributed by atoms with E-state index >= 15 is 0 Å². The lowest BCUT2D eigenvalue weighted by Crippen LogP contribution is -2.00. The third-order valence-corrected chi connectivity index (χ3v) is 4.50. The van der Waals surface area contributed by atoms with E-state index in [9.17, 15) is 4.79 Å². The maximum absolute atomic E-state index is 10.8. The number of methoxy groups -OCH3 is 1. The van der Waals surface area contributed by atoms with Crippen LogP contribution in [0.3, 0.4) is 0 Å². The standard InChI is InChI=1S/C10H11BrO2S2/c1-13-10(12)6-7-14-15-9-4-2-8(11)3-5-9/h2-5H,6-7H2,1H3. The first-order chi connectivity index (χ1) is 7.22. The van der Waals surface area contributed by atoms with Gasteiger partial charge in [-0.15, -0.1) is 0 Å². The molecule has 1 aromatic rings. The Balaban J connectivity index is 2.20. The van der Waals surface area contributed by atoms with Crippen molar-refractivity contribution in [2.45, 2.75) is 11.3 Å². The third-order valence-electron chi connectivity index (χ3n) is 1.59. The highest BCUT2D eigenvalue weighted by Gasteiger charge is 2.00. The van der Waals surface area contributed by atoms with E-state index in [1.807, 2.05) is 24.3 Å². The predicted octanol–water partition coefficient (Wildman–Crippen LogP) is 3.75. The first-order valence-corrected chi connectivity index (χ1v) is 7.45. The minimum atomic E-state index is -0.154. The monoisotopic (exact) mass is 306 g/mol. The number of rotatable bonds is 5. The van der Waals surface area contributed by atoms with E-state index < -0.39 is 0 Å². The molecular weight excluding hydrogens is 296 g/mol. The molecule has 0 aliphatic rings. The van der Waals surface area contributed by atoms with Crippen LogP contribution in [0.25, 0.3) is 0 Å². The molecule has 0 aliphatic carbocycles. The van der Waals surface area contributed by atoms with Crippen LogP contribution in [-0.2, 0) is 9.53 Å². The van der Waals surface area contributed by atoms with Crippen LogP contribution in [0.5, 0.6) is 0 Å². The third kappa shape index (κ3) is 5.49. The summed E-state index contributed by atoms with van der Waals surface area (Å²) in [6.45, 7) is 0. The van der Waals surface area contributed by atoms with Crippen LogP contribution in [0.4, 0.5) is 0 Å². The molecule has 5 heteroatoms. The summed E-state index contributed by atoms with van der Waals surface area (Å²) in [5.41, 5.74) is 0. The van der Waals surface area contributed by atoms with E-state index in [0.717, 1.165) is 10.2 Å². The number of halogens is 1.